The van der Waals surface area contributed by atoms with Crippen LogP contribution in [-0.2, 0) is 7.05 Å². The molecule has 3 rings (SSSR count). The Morgan fingerprint density at radius 1 is 1.50 bits per heavy atom. The molecule has 0 aromatic carbocycles. The molecular weight excluding hydrogens is 204 g/mol. The third kappa shape index (κ3) is 1.61. The van der Waals surface area contributed by atoms with Crippen molar-refractivity contribution in [1.82, 2.24) is 24.8 Å². The Morgan fingerprint density at radius 2 is 2.44 bits per heavy atom. The normalized spacial score (nSPS) is 20.4. The lowest BCUT2D eigenvalue weighted by molar-refractivity contribution is 0.780. The molecule has 6 heteroatoms. The highest BCUT2D eigenvalue weighted by Gasteiger charge is 2.15. The van der Waals surface area contributed by atoms with Gasteiger partial charge in [-0.1, -0.05) is 0 Å². The van der Waals surface area contributed by atoms with Crippen LogP contribution in [0.15, 0.2) is 12.5 Å². The summed E-state index contributed by atoms with van der Waals surface area (Å²) in [6.07, 6.45) is 4.63. The van der Waals surface area contributed by atoms with Crippen molar-refractivity contribution in [3.05, 3.63) is 12.5 Å². The highest BCUT2D eigenvalue weighted by Crippen LogP contribution is 2.11. The summed E-state index contributed by atoms with van der Waals surface area (Å²) in [5, 5.41) is 6.62. The van der Waals surface area contributed by atoms with Crippen LogP contribution >= 0.6 is 0 Å². The van der Waals surface area contributed by atoms with Gasteiger partial charge in [-0.15, -0.1) is 0 Å². The van der Waals surface area contributed by atoms with Crippen molar-refractivity contribution in [2.75, 3.05) is 18.4 Å². The first-order chi connectivity index (χ1) is 7.83. The maximum Gasteiger partial charge on any atom is 0.225 e. The number of aromatic nitrogens is 4. The van der Waals surface area contributed by atoms with E-state index in [4.69, 9.17) is 0 Å². The first kappa shape index (κ1) is 9.53. The zero-order valence-electron chi connectivity index (χ0n) is 9.14. The Bertz CT molecular complexity index is 499. The molecule has 6 nitrogen and oxygen atoms in total. The molecule has 0 spiro atoms. The van der Waals surface area contributed by atoms with Crippen LogP contribution in [0.5, 0.6) is 0 Å². The van der Waals surface area contributed by atoms with Crippen molar-refractivity contribution in [2.24, 2.45) is 7.05 Å². The topological polar surface area (TPSA) is 67.7 Å². The molecule has 0 aliphatic carbocycles. The van der Waals surface area contributed by atoms with E-state index in [0.29, 0.717) is 12.0 Å². The molecule has 0 amide bonds. The molecule has 1 aliphatic heterocycles. The lowest BCUT2D eigenvalue weighted by atomic mass is 10.3. The number of imidazole rings is 1. The third-order valence-electron chi connectivity index (χ3n) is 2.85. The summed E-state index contributed by atoms with van der Waals surface area (Å²) in [7, 11) is 1.93. The number of aryl methyl sites for hydroxylation is 1. The number of nitrogens with one attached hydrogen (secondary N) is 2. The fourth-order valence-electron chi connectivity index (χ4n) is 1.95. The minimum atomic E-state index is 0.436. The smallest absolute Gasteiger partial charge is 0.225 e. The first-order valence-corrected chi connectivity index (χ1v) is 5.44. The average molecular weight is 218 g/mol. The van der Waals surface area contributed by atoms with Crippen molar-refractivity contribution in [3.8, 4) is 0 Å². The summed E-state index contributed by atoms with van der Waals surface area (Å²) in [6.45, 7) is 2.04. The van der Waals surface area contributed by atoms with Crippen molar-refractivity contribution in [1.29, 1.82) is 0 Å². The van der Waals surface area contributed by atoms with Crippen molar-refractivity contribution in [3.63, 3.8) is 0 Å². The molecular formula is C10H14N6. The van der Waals surface area contributed by atoms with E-state index in [-0.39, 0.29) is 0 Å². The van der Waals surface area contributed by atoms with Crippen molar-refractivity contribution in [2.45, 2.75) is 12.5 Å². The van der Waals surface area contributed by atoms with Crippen LogP contribution in [0.3, 0.4) is 0 Å². The predicted octanol–water partition coefficient (Wildman–Crippen LogP) is 0.137. The SMILES string of the molecule is Cn1cnc2cnc(NC3CCNC3)nc21. The van der Waals surface area contributed by atoms with Crippen molar-refractivity contribution < 1.29 is 0 Å². The number of anilines is 1. The Balaban J connectivity index is 1.88. The second kappa shape index (κ2) is 3.71. The minimum absolute atomic E-state index is 0.436. The monoisotopic (exact) mass is 218 g/mol. The Morgan fingerprint density at radius 3 is 3.25 bits per heavy atom. The second-order valence-corrected chi connectivity index (χ2v) is 4.09. The second-order valence-electron chi connectivity index (χ2n) is 4.09. The molecule has 2 N–H and O–H groups in total. The summed E-state index contributed by atoms with van der Waals surface area (Å²) < 4.78 is 1.90. The van der Waals surface area contributed by atoms with Gasteiger partial charge in [-0.05, 0) is 13.0 Å². The van der Waals surface area contributed by atoms with Gasteiger partial charge in [0.25, 0.3) is 0 Å². The largest absolute Gasteiger partial charge is 0.350 e. The average Bonchev–Trinajstić information content (AvgIpc) is 2.90. The van der Waals surface area contributed by atoms with Crippen LogP contribution in [0.1, 0.15) is 6.42 Å². The molecule has 1 saturated heterocycles. The molecule has 0 saturated carbocycles. The zero-order valence-corrected chi connectivity index (χ0v) is 9.14. The summed E-state index contributed by atoms with van der Waals surface area (Å²) in [5.74, 6) is 0.685. The highest BCUT2D eigenvalue weighted by atomic mass is 15.2. The van der Waals surface area contributed by atoms with Gasteiger partial charge in [-0.2, -0.15) is 4.98 Å². The van der Waals surface area contributed by atoms with E-state index in [0.717, 1.165) is 30.7 Å². The van der Waals surface area contributed by atoms with Crippen LogP contribution in [-0.4, -0.2) is 38.7 Å². The minimum Gasteiger partial charge on any atom is -0.350 e. The van der Waals surface area contributed by atoms with Gasteiger partial charge in [0.1, 0.15) is 5.52 Å². The molecule has 0 radical (unpaired) electrons. The molecule has 1 unspecified atom stereocenters. The van der Waals surface area contributed by atoms with Gasteiger partial charge in [0, 0.05) is 19.6 Å². The highest BCUT2D eigenvalue weighted by molar-refractivity contribution is 5.70. The molecule has 2 aromatic rings. The van der Waals surface area contributed by atoms with E-state index in [1.165, 1.54) is 0 Å². The molecule has 3 heterocycles. The van der Waals surface area contributed by atoms with E-state index in [1.54, 1.807) is 12.5 Å². The number of rotatable bonds is 2. The summed E-state index contributed by atoms with van der Waals surface area (Å²) in [6, 6.07) is 0.436. The van der Waals surface area contributed by atoms with Gasteiger partial charge in [-0.25, -0.2) is 9.97 Å². The molecule has 16 heavy (non-hydrogen) atoms. The van der Waals surface area contributed by atoms with Gasteiger partial charge in [-0.3, -0.25) is 0 Å². The number of fused-ring (bicyclic) bond motifs is 1. The van der Waals surface area contributed by atoms with Crippen LogP contribution in [0, 0.1) is 0 Å². The summed E-state index contributed by atoms with van der Waals surface area (Å²) in [4.78, 5) is 12.9. The van der Waals surface area contributed by atoms with E-state index < -0.39 is 0 Å². The Labute approximate surface area is 93.1 Å². The van der Waals surface area contributed by atoms with Gasteiger partial charge >= 0.3 is 0 Å². The molecule has 1 atom stereocenters. The van der Waals surface area contributed by atoms with E-state index in [1.807, 2.05) is 11.6 Å². The maximum absolute atomic E-state index is 4.45. The van der Waals surface area contributed by atoms with Gasteiger partial charge in [0.05, 0.1) is 12.5 Å². The van der Waals surface area contributed by atoms with Crippen LogP contribution in [0.2, 0.25) is 0 Å². The van der Waals surface area contributed by atoms with Gasteiger partial charge < -0.3 is 15.2 Å². The first-order valence-electron chi connectivity index (χ1n) is 5.44. The quantitative estimate of drug-likeness (QED) is 0.750. The maximum atomic E-state index is 4.45. The molecule has 0 bridgehead atoms. The van der Waals surface area contributed by atoms with Crippen molar-refractivity contribution >= 4 is 17.1 Å². The number of nitrogens with zero attached hydrogens (tertiary/aromatic N) is 4. The van der Waals surface area contributed by atoms with Crippen LogP contribution in [0.25, 0.3) is 11.2 Å². The lowest BCUT2D eigenvalue weighted by Gasteiger charge is -2.10. The number of hydrogen-bond acceptors (Lipinski definition) is 5. The summed E-state index contributed by atoms with van der Waals surface area (Å²) >= 11 is 0. The Hall–Kier alpha value is -1.69. The zero-order chi connectivity index (χ0) is 11.0. The molecule has 2 aromatic heterocycles. The Kier molecular flexibility index (Phi) is 2.21. The molecule has 84 valence electrons. The molecule has 1 aliphatic rings. The summed E-state index contributed by atoms with van der Waals surface area (Å²) in [5.41, 5.74) is 1.70. The standard InChI is InChI=1S/C10H14N6/c1-16-6-13-8-5-12-10(15-9(8)16)14-7-2-3-11-4-7/h5-7,11H,2-4H2,1H3,(H,12,14,15). The van der Waals surface area contributed by atoms with E-state index >= 15 is 0 Å². The predicted molar refractivity (Wildman–Crippen MR) is 61.2 cm³/mol. The van der Waals surface area contributed by atoms with E-state index in [2.05, 4.69) is 25.6 Å². The molecule has 1 fully saturated rings. The fraction of sp³-hybridized carbons (Fsp3) is 0.500. The van der Waals surface area contributed by atoms with Gasteiger partial charge in [0.2, 0.25) is 5.95 Å². The van der Waals surface area contributed by atoms with Gasteiger partial charge in [0.15, 0.2) is 5.65 Å². The fourth-order valence-corrected chi connectivity index (χ4v) is 1.95. The lowest BCUT2D eigenvalue weighted by Crippen LogP contribution is -2.23. The van der Waals surface area contributed by atoms with Crippen LogP contribution in [0.4, 0.5) is 5.95 Å². The third-order valence-corrected chi connectivity index (χ3v) is 2.85. The van der Waals surface area contributed by atoms with E-state index in [9.17, 15) is 0 Å². The number of hydrogen-bond donors (Lipinski definition) is 2. The van der Waals surface area contributed by atoms with Crippen LogP contribution < -0.4 is 10.6 Å².